The van der Waals surface area contributed by atoms with Crippen LogP contribution in [0.2, 0.25) is 0 Å². The van der Waals surface area contributed by atoms with Crippen molar-refractivity contribution in [3.05, 3.63) is 0 Å². The molecule has 152 valence electrons. The number of carbonyl (C=O) groups is 2. The van der Waals surface area contributed by atoms with E-state index in [1.54, 1.807) is 0 Å². The van der Waals surface area contributed by atoms with Gasteiger partial charge in [-0.15, -0.1) is 0 Å². The van der Waals surface area contributed by atoms with Crippen molar-refractivity contribution in [2.24, 2.45) is 0 Å². The van der Waals surface area contributed by atoms with Crippen LogP contribution >= 0.6 is 0 Å². The third-order valence-electron chi connectivity index (χ3n) is 5.15. The Morgan fingerprint density at radius 1 is 0.731 bits per heavy atom. The molecule has 1 heterocycles. The van der Waals surface area contributed by atoms with Crippen molar-refractivity contribution in [2.45, 2.75) is 115 Å². The topological polar surface area (TPSA) is 93.1 Å². The van der Waals surface area contributed by atoms with Gasteiger partial charge < -0.3 is 19.7 Å². The fourth-order valence-corrected chi connectivity index (χ4v) is 3.49. The van der Waals surface area contributed by atoms with E-state index in [1.807, 2.05) is 6.92 Å². The largest absolute Gasteiger partial charge is 0.479 e. The summed E-state index contributed by atoms with van der Waals surface area (Å²) in [7, 11) is 0. The second kappa shape index (κ2) is 12.3. The highest BCUT2D eigenvalue weighted by atomic mass is 16.8. The number of rotatable bonds is 15. The maximum absolute atomic E-state index is 11.2. The van der Waals surface area contributed by atoms with E-state index in [0.717, 1.165) is 19.3 Å². The molecule has 0 radical (unpaired) electrons. The third kappa shape index (κ3) is 7.62. The molecule has 2 N–H and O–H groups in total. The van der Waals surface area contributed by atoms with Crippen molar-refractivity contribution in [2.75, 3.05) is 0 Å². The van der Waals surface area contributed by atoms with Gasteiger partial charge in [-0.05, 0) is 12.8 Å². The molecule has 2 unspecified atom stereocenters. The number of unbranched alkanes of at least 4 members (excludes halogenated alkanes) is 10. The summed E-state index contributed by atoms with van der Waals surface area (Å²) in [4.78, 5) is 22.4. The molecule has 0 spiro atoms. The number of carboxylic acid groups (broad SMARTS) is 2. The molecule has 0 aromatic carbocycles. The minimum Gasteiger partial charge on any atom is -0.479 e. The molecule has 0 aliphatic carbocycles. The quantitative estimate of drug-likeness (QED) is 0.403. The van der Waals surface area contributed by atoms with Crippen molar-refractivity contribution >= 4 is 11.9 Å². The Morgan fingerprint density at radius 3 is 1.46 bits per heavy atom. The summed E-state index contributed by atoms with van der Waals surface area (Å²) < 4.78 is 11.0. The molecule has 6 nitrogen and oxygen atoms in total. The van der Waals surface area contributed by atoms with Crippen LogP contribution in [0.15, 0.2) is 0 Å². The van der Waals surface area contributed by atoms with E-state index in [0.29, 0.717) is 12.8 Å². The lowest BCUT2D eigenvalue weighted by molar-refractivity contribution is -0.192. The maximum Gasteiger partial charge on any atom is 0.336 e. The molecule has 6 heteroatoms. The summed E-state index contributed by atoms with van der Waals surface area (Å²) >= 11 is 0. The van der Waals surface area contributed by atoms with Crippen LogP contribution in [0.3, 0.4) is 0 Å². The van der Waals surface area contributed by atoms with E-state index < -0.39 is 29.9 Å². The van der Waals surface area contributed by atoms with Gasteiger partial charge in [0.1, 0.15) is 0 Å². The van der Waals surface area contributed by atoms with Crippen LogP contribution < -0.4 is 0 Å². The lowest BCUT2D eigenvalue weighted by atomic mass is 10.0. The van der Waals surface area contributed by atoms with Gasteiger partial charge in [-0.3, -0.25) is 0 Å². The predicted molar refractivity (Wildman–Crippen MR) is 99.1 cm³/mol. The molecule has 0 bridgehead atoms. The Morgan fingerprint density at radius 2 is 1.12 bits per heavy atom. The van der Waals surface area contributed by atoms with Crippen LogP contribution in [0.1, 0.15) is 97.3 Å². The molecule has 1 saturated heterocycles. The van der Waals surface area contributed by atoms with E-state index >= 15 is 0 Å². The fraction of sp³-hybridized carbons (Fsp3) is 0.900. The first-order valence-electron chi connectivity index (χ1n) is 10.3. The monoisotopic (exact) mass is 372 g/mol. The highest BCUT2D eigenvalue weighted by molar-refractivity contribution is 5.84. The molecule has 26 heavy (non-hydrogen) atoms. The molecule has 0 aromatic rings. The summed E-state index contributed by atoms with van der Waals surface area (Å²) in [5.74, 6) is -3.65. The molecular weight excluding hydrogens is 336 g/mol. The van der Waals surface area contributed by atoms with Crippen LogP contribution in [0, 0.1) is 0 Å². The summed E-state index contributed by atoms with van der Waals surface area (Å²) in [5.41, 5.74) is 0. The molecule has 2 atom stereocenters. The van der Waals surface area contributed by atoms with E-state index in [4.69, 9.17) is 19.7 Å². The molecule has 1 fully saturated rings. The fourth-order valence-electron chi connectivity index (χ4n) is 3.49. The van der Waals surface area contributed by atoms with Crippen LogP contribution in [0.4, 0.5) is 0 Å². The normalized spacial score (nSPS) is 25.5. The highest BCUT2D eigenvalue weighted by Crippen LogP contribution is 2.36. The minimum atomic E-state index is -1.43. The first-order chi connectivity index (χ1) is 12.5. The Labute approximate surface area is 157 Å². The van der Waals surface area contributed by atoms with Crippen molar-refractivity contribution in [1.82, 2.24) is 0 Å². The smallest absolute Gasteiger partial charge is 0.336 e. The summed E-state index contributed by atoms with van der Waals surface area (Å²) in [6.45, 7) is 4.07. The predicted octanol–water partition coefficient (Wildman–Crippen LogP) is 4.75. The average molecular weight is 373 g/mol. The van der Waals surface area contributed by atoms with Crippen molar-refractivity contribution in [3.63, 3.8) is 0 Å². The van der Waals surface area contributed by atoms with Crippen molar-refractivity contribution in [1.29, 1.82) is 0 Å². The Bertz CT molecular complexity index is 401. The van der Waals surface area contributed by atoms with E-state index in [-0.39, 0.29) is 0 Å². The number of hydrogen-bond acceptors (Lipinski definition) is 4. The van der Waals surface area contributed by atoms with Gasteiger partial charge in [0.2, 0.25) is 0 Å². The number of hydrogen-bond donors (Lipinski definition) is 2. The summed E-state index contributed by atoms with van der Waals surface area (Å²) in [6, 6.07) is 0. The standard InChI is InChI=1S/C20H36O6/c1-3-5-6-7-8-9-10-11-12-13-14-15-20(4-2)25-16(18(21)22)17(26-20)19(23)24/h16-17H,3-15H2,1-2H3,(H,21,22)(H,23,24). The molecule has 1 aliphatic heterocycles. The molecule has 1 aliphatic rings. The van der Waals surface area contributed by atoms with Gasteiger partial charge in [0.25, 0.3) is 0 Å². The SMILES string of the molecule is CCCCCCCCCCCCCC1(CC)OC(C(=O)O)C(C(=O)O)O1. The maximum atomic E-state index is 11.2. The second-order valence-electron chi connectivity index (χ2n) is 7.30. The lowest BCUT2D eigenvalue weighted by Crippen LogP contribution is -2.36. The van der Waals surface area contributed by atoms with E-state index in [1.165, 1.54) is 51.4 Å². The lowest BCUT2D eigenvalue weighted by Gasteiger charge is -2.26. The van der Waals surface area contributed by atoms with Gasteiger partial charge in [0, 0.05) is 6.42 Å². The molecular formula is C20H36O6. The van der Waals surface area contributed by atoms with Gasteiger partial charge >= 0.3 is 11.9 Å². The first-order valence-corrected chi connectivity index (χ1v) is 10.3. The number of aliphatic carboxylic acids is 2. The minimum absolute atomic E-state index is 0.443. The Balaban J connectivity index is 2.20. The van der Waals surface area contributed by atoms with Gasteiger partial charge in [-0.2, -0.15) is 0 Å². The van der Waals surface area contributed by atoms with Gasteiger partial charge in [-0.1, -0.05) is 78.1 Å². The van der Waals surface area contributed by atoms with Crippen LogP contribution in [-0.2, 0) is 19.1 Å². The summed E-state index contributed by atoms with van der Waals surface area (Å²) in [5, 5.41) is 18.3. The number of ether oxygens (including phenoxy) is 2. The van der Waals surface area contributed by atoms with Crippen LogP contribution in [-0.4, -0.2) is 40.1 Å². The molecule has 0 saturated carbocycles. The van der Waals surface area contributed by atoms with Gasteiger partial charge in [-0.25, -0.2) is 9.59 Å². The molecule has 0 aromatic heterocycles. The Kier molecular flexibility index (Phi) is 10.8. The molecule has 0 amide bonds. The third-order valence-corrected chi connectivity index (χ3v) is 5.15. The van der Waals surface area contributed by atoms with Crippen molar-refractivity contribution < 1.29 is 29.3 Å². The molecule has 1 rings (SSSR count). The van der Waals surface area contributed by atoms with Crippen LogP contribution in [0.25, 0.3) is 0 Å². The summed E-state index contributed by atoms with van der Waals surface area (Å²) in [6.07, 6.45) is 11.6. The van der Waals surface area contributed by atoms with E-state index in [2.05, 4.69) is 6.92 Å². The Hall–Kier alpha value is -1.14. The highest BCUT2D eigenvalue weighted by Gasteiger charge is 2.52. The van der Waals surface area contributed by atoms with Crippen LogP contribution in [0.5, 0.6) is 0 Å². The zero-order chi connectivity index (χ0) is 19.4. The average Bonchev–Trinajstić information content (AvgIpc) is 3.01. The van der Waals surface area contributed by atoms with Crippen molar-refractivity contribution in [3.8, 4) is 0 Å². The number of carboxylic acids is 2. The van der Waals surface area contributed by atoms with E-state index in [9.17, 15) is 9.59 Å². The van der Waals surface area contributed by atoms with Gasteiger partial charge in [0.15, 0.2) is 18.0 Å². The first kappa shape index (κ1) is 22.9. The second-order valence-corrected chi connectivity index (χ2v) is 7.30. The van der Waals surface area contributed by atoms with Gasteiger partial charge in [0.05, 0.1) is 0 Å². The zero-order valence-corrected chi connectivity index (χ0v) is 16.4. The zero-order valence-electron chi connectivity index (χ0n) is 16.4.